The molecule has 2 N–H and O–H groups in total. The summed E-state index contributed by atoms with van der Waals surface area (Å²) < 4.78 is 32.3. The van der Waals surface area contributed by atoms with Crippen molar-refractivity contribution < 1.29 is 17.9 Å². The van der Waals surface area contributed by atoms with Gasteiger partial charge in [0.2, 0.25) is 15.9 Å². The van der Waals surface area contributed by atoms with E-state index in [1.807, 2.05) is 0 Å². The van der Waals surface area contributed by atoms with Gasteiger partial charge in [-0.3, -0.25) is 4.79 Å². The molecule has 1 saturated carbocycles. The third-order valence-corrected chi connectivity index (χ3v) is 5.96. The number of amides is 1. The Morgan fingerprint density at radius 1 is 1.23 bits per heavy atom. The van der Waals surface area contributed by atoms with E-state index in [4.69, 9.17) is 27.9 Å². The lowest BCUT2D eigenvalue weighted by atomic mass is 10.2. The van der Waals surface area contributed by atoms with Gasteiger partial charge in [0.15, 0.2) is 0 Å². The third-order valence-electron chi connectivity index (χ3n) is 3.66. The van der Waals surface area contributed by atoms with Crippen LogP contribution in [0.15, 0.2) is 35.4 Å². The van der Waals surface area contributed by atoms with E-state index in [9.17, 15) is 13.2 Å². The summed E-state index contributed by atoms with van der Waals surface area (Å²) in [6, 6.07) is 5.50. The number of carbonyl (C=O) groups excluding carboxylic acids is 1. The van der Waals surface area contributed by atoms with E-state index in [0.717, 1.165) is 12.8 Å². The number of nitrogens with zero attached hydrogens (tertiary/aromatic N) is 1. The molecule has 0 atom stereocenters. The normalized spacial score (nSPS) is 14.1. The monoisotopic (exact) mass is 415 g/mol. The second-order valence-corrected chi connectivity index (χ2v) is 8.20. The predicted octanol–water partition coefficient (Wildman–Crippen LogP) is 3.09. The molecule has 0 saturated heterocycles. The number of anilines is 1. The molecule has 0 bridgehead atoms. The van der Waals surface area contributed by atoms with E-state index in [1.54, 1.807) is 12.1 Å². The van der Waals surface area contributed by atoms with E-state index in [-0.39, 0.29) is 26.5 Å². The Morgan fingerprint density at radius 2 is 1.96 bits per heavy atom. The number of aromatic nitrogens is 1. The van der Waals surface area contributed by atoms with Gasteiger partial charge in [0.25, 0.3) is 5.91 Å². The average molecular weight is 416 g/mol. The molecule has 10 heteroatoms. The minimum absolute atomic E-state index is 0.0111. The summed E-state index contributed by atoms with van der Waals surface area (Å²) in [6.45, 7) is 0. The SMILES string of the molecule is COc1ccc(NC(=O)c2cc(S(=O)(=O)NC3CC3)c(Cl)cc2Cl)cn1. The van der Waals surface area contributed by atoms with E-state index >= 15 is 0 Å². The van der Waals surface area contributed by atoms with Gasteiger partial charge in [-0.05, 0) is 31.0 Å². The van der Waals surface area contributed by atoms with Gasteiger partial charge < -0.3 is 10.1 Å². The highest BCUT2D eigenvalue weighted by atomic mass is 35.5. The summed E-state index contributed by atoms with van der Waals surface area (Å²) in [5, 5.41) is 2.59. The van der Waals surface area contributed by atoms with Crippen LogP contribution >= 0.6 is 23.2 Å². The Labute approximate surface area is 160 Å². The van der Waals surface area contributed by atoms with Crippen LogP contribution < -0.4 is 14.8 Å². The molecule has 0 radical (unpaired) electrons. The zero-order valence-electron chi connectivity index (χ0n) is 13.6. The van der Waals surface area contributed by atoms with E-state index in [1.165, 1.54) is 25.4 Å². The maximum absolute atomic E-state index is 12.5. The number of sulfonamides is 1. The van der Waals surface area contributed by atoms with Gasteiger partial charge in [0, 0.05) is 12.1 Å². The first kappa shape index (κ1) is 18.9. The molecular formula is C16H15Cl2N3O4S. The summed E-state index contributed by atoms with van der Waals surface area (Å²) in [7, 11) is -2.35. The largest absolute Gasteiger partial charge is 0.481 e. The molecule has 1 aromatic heterocycles. The molecule has 2 aromatic rings. The highest BCUT2D eigenvalue weighted by Gasteiger charge is 2.30. The fraction of sp³-hybridized carbons (Fsp3) is 0.250. The molecule has 1 amide bonds. The smallest absolute Gasteiger partial charge is 0.257 e. The molecule has 3 rings (SSSR count). The lowest BCUT2D eigenvalue weighted by molar-refractivity contribution is 0.102. The van der Waals surface area contributed by atoms with Crippen LogP contribution in [0.2, 0.25) is 10.0 Å². The Balaban J connectivity index is 1.88. The summed E-state index contributed by atoms with van der Waals surface area (Å²) in [4.78, 5) is 16.3. The van der Waals surface area contributed by atoms with Gasteiger partial charge in [-0.2, -0.15) is 0 Å². The van der Waals surface area contributed by atoms with Crippen molar-refractivity contribution in [1.29, 1.82) is 0 Å². The van der Waals surface area contributed by atoms with Crippen molar-refractivity contribution in [2.45, 2.75) is 23.8 Å². The van der Waals surface area contributed by atoms with Gasteiger partial charge in [0.05, 0.1) is 34.6 Å². The number of benzene rings is 1. The Kier molecular flexibility index (Phi) is 5.38. The van der Waals surface area contributed by atoms with Crippen molar-refractivity contribution in [2.75, 3.05) is 12.4 Å². The van der Waals surface area contributed by atoms with Crippen molar-refractivity contribution in [3.05, 3.63) is 46.1 Å². The van der Waals surface area contributed by atoms with E-state index in [2.05, 4.69) is 15.0 Å². The molecule has 0 spiro atoms. The number of nitrogens with one attached hydrogen (secondary N) is 2. The highest BCUT2D eigenvalue weighted by Crippen LogP contribution is 2.31. The summed E-state index contributed by atoms with van der Waals surface area (Å²) in [5.74, 6) is -0.187. The zero-order valence-corrected chi connectivity index (χ0v) is 16.0. The lowest BCUT2D eigenvalue weighted by Gasteiger charge is -2.12. The zero-order chi connectivity index (χ0) is 18.9. The number of ether oxygens (including phenoxy) is 1. The summed E-state index contributed by atoms with van der Waals surface area (Å²) >= 11 is 12.1. The maximum atomic E-state index is 12.5. The fourth-order valence-corrected chi connectivity index (χ4v) is 4.33. The van der Waals surface area contributed by atoms with Gasteiger partial charge in [-0.1, -0.05) is 23.2 Å². The first-order valence-corrected chi connectivity index (χ1v) is 9.87. The number of halogens is 2. The van der Waals surface area contributed by atoms with Crippen LogP contribution in [0.1, 0.15) is 23.2 Å². The second kappa shape index (κ2) is 7.40. The number of methoxy groups -OCH3 is 1. The molecule has 26 heavy (non-hydrogen) atoms. The molecule has 1 aliphatic carbocycles. The quantitative estimate of drug-likeness (QED) is 0.755. The summed E-state index contributed by atoms with van der Waals surface area (Å²) in [6.07, 6.45) is 2.97. The molecule has 1 aliphatic rings. The molecule has 7 nitrogen and oxygen atoms in total. The number of rotatable bonds is 6. The molecule has 138 valence electrons. The van der Waals surface area contributed by atoms with Gasteiger partial charge >= 0.3 is 0 Å². The minimum Gasteiger partial charge on any atom is -0.481 e. The summed E-state index contributed by atoms with van der Waals surface area (Å²) in [5.41, 5.74) is 0.394. The van der Waals surface area contributed by atoms with Gasteiger partial charge in [-0.25, -0.2) is 18.1 Å². The van der Waals surface area contributed by atoms with Gasteiger partial charge in [-0.15, -0.1) is 0 Å². The van der Waals surface area contributed by atoms with E-state index < -0.39 is 15.9 Å². The molecule has 0 aliphatic heterocycles. The predicted molar refractivity (Wildman–Crippen MR) is 98.5 cm³/mol. The van der Waals surface area contributed by atoms with Crippen molar-refractivity contribution in [2.24, 2.45) is 0 Å². The van der Waals surface area contributed by atoms with Crippen molar-refractivity contribution in [3.8, 4) is 5.88 Å². The second-order valence-electron chi connectivity index (χ2n) is 5.70. The number of carbonyl (C=O) groups is 1. The van der Waals surface area contributed by atoms with Crippen molar-refractivity contribution in [3.63, 3.8) is 0 Å². The van der Waals surface area contributed by atoms with Crippen molar-refractivity contribution >= 4 is 44.8 Å². The molecule has 1 heterocycles. The van der Waals surface area contributed by atoms with Crippen LogP contribution in [0.4, 0.5) is 5.69 Å². The van der Waals surface area contributed by atoms with Crippen LogP contribution in [0, 0.1) is 0 Å². The van der Waals surface area contributed by atoms with E-state index in [0.29, 0.717) is 11.6 Å². The Morgan fingerprint density at radius 3 is 2.54 bits per heavy atom. The highest BCUT2D eigenvalue weighted by molar-refractivity contribution is 7.89. The molecular weight excluding hydrogens is 401 g/mol. The lowest BCUT2D eigenvalue weighted by Crippen LogP contribution is -2.26. The van der Waals surface area contributed by atoms with Crippen LogP contribution in [0.25, 0.3) is 0 Å². The molecule has 1 aromatic carbocycles. The Bertz CT molecular complexity index is 945. The molecule has 1 fully saturated rings. The standard InChI is InChI=1S/C16H15Cl2N3O4S/c1-25-15-5-4-10(8-19-15)20-16(22)11-6-14(13(18)7-12(11)17)26(23,24)21-9-2-3-9/h4-9,21H,2-3H2,1H3,(H,20,22). The molecule has 0 unspecified atom stereocenters. The minimum atomic E-state index is -3.83. The number of hydrogen-bond donors (Lipinski definition) is 2. The maximum Gasteiger partial charge on any atom is 0.257 e. The van der Waals surface area contributed by atoms with Crippen LogP contribution in [-0.2, 0) is 10.0 Å². The third kappa shape index (κ3) is 4.27. The van der Waals surface area contributed by atoms with Crippen LogP contribution in [0.5, 0.6) is 5.88 Å². The van der Waals surface area contributed by atoms with Crippen LogP contribution in [-0.4, -0.2) is 32.5 Å². The van der Waals surface area contributed by atoms with Crippen LogP contribution in [0.3, 0.4) is 0 Å². The average Bonchev–Trinajstić information content (AvgIpc) is 3.38. The fourth-order valence-electron chi connectivity index (χ4n) is 2.17. The van der Waals surface area contributed by atoms with Crippen molar-refractivity contribution in [1.82, 2.24) is 9.71 Å². The topological polar surface area (TPSA) is 97.4 Å². The first-order valence-electron chi connectivity index (χ1n) is 7.63. The Hall–Kier alpha value is -1.87. The van der Waals surface area contributed by atoms with Gasteiger partial charge in [0.1, 0.15) is 4.90 Å². The number of hydrogen-bond acceptors (Lipinski definition) is 5. The number of pyridine rings is 1. The first-order chi connectivity index (χ1) is 12.3.